The number of hydrogen-bond acceptors (Lipinski definition) is 4. The molecule has 0 saturated heterocycles. The van der Waals surface area contributed by atoms with E-state index in [1.165, 1.54) is 21.2 Å². The van der Waals surface area contributed by atoms with Crippen molar-refractivity contribution in [2.24, 2.45) is 0 Å². The van der Waals surface area contributed by atoms with Gasteiger partial charge in [0, 0.05) is 17.4 Å². The number of fused-ring (bicyclic) bond motifs is 1. The van der Waals surface area contributed by atoms with Gasteiger partial charge in [-0.15, -0.1) is 5.10 Å². The molecule has 0 radical (unpaired) electrons. The maximum absolute atomic E-state index is 13.0. The highest BCUT2D eigenvalue weighted by atomic mass is 19.1. The van der Waals surface area contributed by atoms with Gasteiger partial charge >= 0.3 is 5.69 Å². The molecule has 0 amide bonds. The second-order valence-corrected chi connectivity index (χ2v) is 5.98. The molecule has 1 N–H and O–H groups in total. The van der Waals surface area contributed by atoms with Crippen LogP contribution in [0.25, 0.3) is 5.78 Å². The molecule has 4 aromatic rings. The zero-order valence-electron chi connectivity index (χ0n) is 14.1. The summed E-state index contributed by atoms with van der Waals surface area (Å²) in [5, 5.41) is 7.44. The number of aryl methyl sites for hydroxylation is 1. The Labute approximate surface area is 148 Å². The van der Waals surface area contributed by atoms with Crippen molar-refractivity contribution in [1.82, 2.24) is 19.2 Å². The van der Waals surface area contributed by atoms with Crippen LogP contribution in [0.5, 0.6) is 0 Å². The Morgan fingerprint density at radius 1 is 1.08 bits per heavy atom. The third kappa shape index (κ3) is 3.06. The van der Waals surface area contributed by atoms with Crippen molar-refractivity contribution < 1.29 is 4.39 Å². The number of halogens is 1. The number of rotatable bonds is 4. The van der Waals surface area contributed by atoms with Crippen LogP contribution in [0, 0.1) is 12.7 Å². The summed E-state index contributed by atoms with van der Waals surface area (Å²) in [4.78, 5) is 17.0. The molecule has 2 aromatic heterocycles. The third-order valence-electron chi connectivity index (χ3n) is 4.03. The van der Waals surface area contributed by atoms with Gasteiger partial charge in [0.15, 0.2) is 0 Å². The van der Waals surface area contributed by atoms with E-state index in [9.17, 15) is 9.18 Å². The standard InChI is InChI=1S/C19H16FN5O/c1-13-11-17(21-16-9-7-15(20)8-10-16)22-18-23-24(19(26)25(13)18)12-14-5-3-2-4-6-14/h2-11H,12H2,1H3,(H,21,22,23). The maximum atomic E-state index is 13.0. The number of benzene rings is 2. The number of aromatic nitrogens is 4. The predicted octanol–water partition coefficient (Wildman–Crippen LogP) is 3.13. The highest BCUT2D eigenvalue weighted by molar-refractivity contribution is 5.58. The van der Waals surface area contributed by atoms with Gasteiger partial charge in [-0.2, -0.15) is 4.98 Å². The second-order valence-electron chi connectivity index (χ2n) is 5.98. The van der Waals surface area contributed by atoms with E-state index in [2.05, 4.69) is 15.4 Å². The molecule has 7 heteroatoms. The zero-order valence-corrected chi connectivity index (χ0v) is 14.1. The molecule has 26 heavy (non-hydrogen) atoms. The predicted molar refractivity (Wildman–Crippen MR) is 97.2 cm³/mol. The lowest BCUT2D eigenvalue weighted by Gasteiger charge is -2.06. The normalized spacial score (nSPS) is 11.0. The number of anilines is 2. The first-order valence-electron chi connectivity index (χ1n) is 8.14. The lowest BCUT2D eigenvalue weighted by molar-refractivity contribution is 0.628. The molecule has 0 atom stereocenters. The van der Waals surface area contributed by atoms with Crippen molar-refractivity contribution >= 4 is 17.3 Å². The van der Waals surface area contributed by atoms with E-state index in [1.807, 2.05) is 37.3 Å². The lowest BCUT2D eigenvalue weighted by atomic mass is 10.2. The Morgan fingerprint density at radius 3 is 2.54 bits per heavy atom. The van der Waals surface area contributed by atoms with E-state index in [0.29, 0.717) is 29.5 Å². The molecule has 0 unspecified atom stereocenters. The summed E-state index contributed by atoms with van der Waals surface area (Å²) >= 11 is 0. The third-order valence-corrected chi connectivity index (χ3v) is 4.03. The van der Waals surface area contributed by atoms with Gasteiger partial charge in [0.05, 0.1) is 6.54 Å². The molecule has 0 spiro atoms. The molecule has 4 rings (SSSR count). The molecule has 2 aromatic carbocycles. The fraction of sp³-hybridized carbons (Fsp3) is 0.105. The SMILES string of the molecule is Cc1cc(Nc2ccc(F)cc2)nc2nn(Cc3ccccc3)c(=O)n12. The minimum absolute atomic E-state index is 0.234. The molecule has 0 aliphatic rings. The fourth-order valence-electron chi connectivity index (χ4n) is 2.78. The van der Waals surface area contributed by atoms with Gasteiger partial charge < -0.3 is 5.32 Å². The average molecular weight is 349 g/mol. The summed E-state index contributed by atoms with van der Waals surface area (Å²) in [5.74, 6) is 0.551. The van der Waals surface area contributed by atoms with Gasteiger partial charge in [0.25, 0.3) is 5.78 Å². The molecular weight excluding hydrogens is 333 g/mol. The smallest absolute Gasteiger partial charge is 0.340 e. The molecular formula is C19H16FN5O. The molecule has 0 fully saturated rings. The Morgan fingerprint density at radius 2 is 1.81 bits per heavy atom. The van der Waals surface area contributed by atoms with Gasteiger partial charge in [0.2, 0.25) is 0 Å². The van der Waals surface area contributed by atoms with Crippen molar-refractivity contribution in [1.29, 1.82) is 0 Å². The van der Waals surface area contributed by atoms with E-state index in [0.717, 1.165) is 5.56 Å². The van der Waals surface area contributed by atoms with Crippen molar-refractivity contribution in [2.75, 3.05) is 5.32 Å². The summed E-state index contributed by atoms with van der Waals surface area (Å²) in [6, 6.07) is 17.4. The minimum atomic E-state index is -0.304. The van der Waals surface area contributed by atoms with Crippen LogP contribution in [-0.4, -0.2) is 19.2 Å². The molecule has 6 nitrogen and oxygen atoms in total. The summed E-state index contributed by atoms with van der Waals surface area (Å²) in [6.07, 6.45) is 0. The topological polar surface area (TPSA) is 64.2 Å². The van der Waals surface area contributed by atoms with Crippen molar-refractivity contribution in [3.63, 3.8) is 0 Å². The second kappa shape index (κ2) is 6.44. The van der Waals surface area contributed by atoms with E-state index in [4.69, 9.17) is 0 Å². The molecule has 0 aliphatic carbocycles. The van der Waals surface area contributed by atoms with Crippen molar-refractivity contribution in [2.45, 2.75) is 13.5 Å². The number of nitrogens with zero attached hydrogens (tertiary/aromatic N) is 4. The summed E-state index contributed by atoms with van der Waals surface area (Å²) in [6.45, 7) is 2.20. The van der Waals surface area contributed by atoms with Crippen LogP contribution in [0.15, 0.2) is 65.5 Å². The van der Waals surface area contributed by atoms with Crippen LogP contribution in [0.3, 0.4) is 0 Å². The first-order valence-corrected chi connectivity index (χ1v) is 8.14. The van der Waals surface area contributed by atoms with Gasteiger partial charge in [-0.25, -0.2) is 18.3 Å². The molecule has 130 valence electrons. The van der Waals surface area contributed by atoms with Gasteiger partial charge in [-0.3, -0.25) is 0 Å². The zero-order chi connectivity index (χ0) is 18.1. The van der Waals surface area contributed by atoms with Crippen LogP contribution in [0.4, 0.5) is 15.9 Å². The van der Waals surface area contributed by atoms with Gasteiger partial charge in [-0.05, 0) is 36.8 Å². The average Bonchev–Trinajstić information content (AvgIpc) is 2.94. The highest BCUT2D eigenvalue weighted by Gasteiger charge is 2.12. The molecule has 0 aliphatic heterocycles. The minimum Gasteiger partial charge on any atom is -0.340 e. The quantitative estimate of drug-likeness (QED) is 0.615. The Kier molecular flexibility index (Phi) is 3.96. The number of hydrogen-bond donors (Lipinski definition) is 1. The monoisotopic (exact) mass is 349 g/mol. The summed E-state index contributed by atoms with van der Waals surface area (Å²) in [5.41, 5.74) is 2.17. The van der Waals surface area contributed by atoms with E-state index < -0.39 is 0 Å². The first-order chi connectivity index (χ1) is 12.6. The van der Waals surface area contributed by atoms with Crippen LogP contribution in [0.2, 0.25) is 0 Å². The maximum Gasteiger partial charge on any atom is 0.352 e. The molecule has 0 saturated carbocycles. The van der Waals surface area contributed by atoms with E-state index in [1.54, 1.807) is 18.2 Å². The summed E-state index contributed by atoms with van der Waals surface area (Å²) in [7, 11) is 0. The van der Waals surface area contributed by atoms with Crippen LogP contribution < -0.4 is 11.0 Å². The Balaban J connectivity index is 1.70. The van der Waals surface area contributed by atoms with Crippen molar-refractivity contribution in [3.8, 4) is 0 Å². The highest BCUT2D eigenvalue weighted by Crippen LogP contribution is 2.16. The largest absolute Gasteiger partial charge is 0.352 e. The van der Waals surface area contributed by atoms with Crippen LogP contribution in [0.1, 0.15) is 11.3 Å². The fourth-order valence-corrected chi connectivity index (χ4v) is 2.78. The van der Waals surface area contributed by atoms with Gasteiger partial charge in [-0.1, -0.05) is 30.3 Å². The van der Waals surface area contributed by atoms with Crippen LogP contribution in [-0.2, 0) is 6.54 Å². The van der Waals surface area contributed by atoms with E-state index in [-0.39, 0.29) is 11.5 Å². The molecule has 0 bridgehead atoms. The Hall–Kier alpha value is -3.48. The summed E-state index contributed by atoms with van der Waals surface area (Å²) < 4.78 is 15.9. The van der Waals surface area contributed by atoms with Gasteiger partial charge in [0.1, 0.15) is 11.6 Å². The molecule has 2 heterocycles. The van der Waals surface area contributed by atoms with Crippen molar-refractivity contribution in [3.05, 3.63) is 88.2 Å². The lowest BCUT2D eigenvalue weighted by Crippen LogP contribution is -2.22. The first kappa shape index (κ1) is 16.0. The van der Waals surface area contributed by atoms with E-state index >= 15 is 0 Å². The van der Waals surface area contributed by atoms with Crippen LogP contribution >= 0.6 is 0 Å². The Bertz CT molecular complexity index is 1120. The number of nitrogens with one attached hydrogen (secondary N) is 1.